The highest BCUT2D eigenvalue weighted by molar-refractivity contribution is 5.88. The van der Waals surface area contributed by atoms with E-state index in [1.807, 2.05) is 48.5 Å². The molecule has 0 radical (unpaired) electrons. The summed E-state index contributed by atoms with van der Waals surface area (Å²) in [5, 5.41) is 15.2. The largest absolute Gasteiger partial charge is 0.491 e. The molecule has 0 saturated carbocycles. The molecular formula is C19H24N2O3. The summed E-state index contributed by atoms with van der Waals surface area (Å²) in [5.41, 5.74) is 2.92. The van der Waals surface area contributed by atoms with Gasteiger partial charge in [-0.3, -0.25) is 4.79 Å². The van der Waals surface area contributed by atoms with E-state index in [-0.39, 0.29) is 25.2 Å². The van der Waals surface area contributed by atoms with Crippen molar-refractivity contribution in [3.05, 3.63) is 59.7 Å². The quantitative estimate of drug-likeness (QED) is 0.697. The van der Waals surface area contributed by atoms with Crippen LogP contribution in [0.5, 0.6) is 5.75 Å². The summed E-state index contributed by atoms with van der Waals surface area (Å²) < 4.78 is 5.55. The Kier molecular flexibility index (Phi) is 6.78. The van der Waals surface area contributed by atoms with Crippen molar-refractivity contribution in [3.63, 3.8) is 0 Å². The molecule has 0 bridgehead atoms. The summed E-state index contributed by atoms with van der Waals surface area (Å²) >= 11 is 0. The topological polar surface area (TPSA) is 70.6 Å². The van der Waals surface area contributed by atoms with E-state index in [4.69, 9.17) is 9.84 Å². The van der Waals surface area contributed by atoms with Crippen LogP contribution in [0.4, 0.5) is 5.69 Å². The molecule has 0 aliphatic rings. The van der Waals surface area contributed by atoms with Crippen molar-refractivity contribution in [1.82, 2.24) is 5.32 Å². The van der Waals surface area contributed by atoms with Gasteiger partial charge in [-0.15, -0.1) is 0 Å². The van der Waals surface area contributed by atoms with Crippen molar-refractivity contribution in [1.29, 1.82) is 0 Å². The summed E-state index contributed by atoms with van der Waals surface area (Å²) in [6.45, 7) is 4.49. The van der Waals surface area contributed by atoms with Crippen molar-refractivity contribution >= 4 is 11.6 Å². The smallest absolute Gasteiger partial charge is 0.221 e. The first kappa shape index (κ1) is 18.0. The monoisotopic (exact) mass is 328 g/mol. The van der Waals surface area contributed by atoms with E-state index in [0.29, 0.717) is 6.54 Å². The third kappa shape index (κ3) is 5.37. The molecule has 0 saturated heterocycles. The highest BCUT2D eigenvalue weighted by atomic mass is 16.5. The van der Waals surface area contributed by atoms with E-state index < -0.39 is 0 Å². The predicted octanol–water partition coefficient (Wildman–Crippen LogP) is 2.87. The zero-order chi connectivity index (χ0) is 17.4. The third-order valence-electron chi connectivity index (χ3n) is 3.63. The number of para-hydroxylation sites is 1. The predicted molar refractivity (Wildman–Crippen MR) is 95.0 cm³/mol. The lowest BCUT2D eigenvalue weighted by Gasteiger charge is -2.17. The van der Waals surface area contributed by atoms with Crippen molar-refractivity contribution in [2.75, 3.05) is 18.5 Å². The summed E-state index contributed by atoms with van der Waals surface area (Å²) in [5.74, 6) is 0.695. The molecule has 2 aromatic rings. The van der Waals surface area contributed by atoms with Crippen LogP contribution in [0.25, 0.3) is 0 Å². The molecule has 0 aromatic heterocycles. The molecule has 0 spiro atoms. The number of carbonyl (C=O) groups is 1. The summed E-state index contributed by atoms with van der Waals surface area (Å²) in [7, 11) is 0. The van der Waals surface area contributed by atoms with E-state index >= 15 is 0 Å². The first-order chi connectivity index (χ1) is 11.6. The van der Waals surface area contributed by atoms with Crippen LogP contribution in [0.3, 0.4) is 0 Å². The van der Waals surface area contributed by atoms with Crippen LogP contribution in [-0.2, 0) is 11.3 Å². The van der Waals surface area contributed by atoms with E-state index in [9.17, 15) is 4.79 Å². The summed E-state index contributed by atoms with van der Waals surface area (Å²) in [4.78, 5) is 11.2. The number of ether oxygens (including phenoxy) is 1. The van der Waals surface area contributed by atoms with Gasteiger partial charge in [0.1, 0.15) is 12.4 Å². The molecule has 1 unspecified atom stereocenters. The van der Waals surface area contributed by atoms with E-state index in [0.717, 1.165) is 22.6 Å². The second-order valence-corrected chi connectivity index (χ2v) is 5.59. The number of anilines is 1. The minimum absolute atomic E-state index is 0.00585. The SMILES string of the molecule is CC(=O)Nc1cccc(C(C)NCc2ccccc2OCCO)c1. The van der Waals surface area contributed by atoms with Crippen LogP contribution < -0.4 is 15.4 Å². The molecule has 1 amide bonds. The van der Waals surface area contributed by atoms with Gasteiger partial charge in [0.25, 0.3) is 0 Å². The van der Waals surface area contributed by atoms with Gasteiger partial charge in [0, 0.05) is 30.8 Å². The fourth-order valence-corrected chi connectivity index (χ4v) is 2.42. The molecule has 128 valence electrons. The van der Waals surface area contributed by atoms with Gasteiger partial charge in [-0.25, -0.2) is 0 Å². The average molecular weight is 328 g/mol. The lowest BCUT2D eigenvalue weighted by Crippen LogP contribution is -2.19. The molecule has 0 heterocycles. The fourth-order valence-electron chi connectivity index (χ4n) is 2.42. The second kappa shape index (κ2) is 9.05. The molecular weight excluding hydrogens is 304 g/mol. The number of hydrogen-bond donors (Lipinski definition) is 3. The normalized spacial score (nSPS) is 11.8. The van der Waals surface area contributed by atoms with Crippen LogP contribution in [0.2, 0.25) is 0 Å². The lowest BCUT2D eigenvalue weighted by molar-refractivity contribution is -0.114. The van der Waals surface area contributed by atoms with Crippen LogP contribution in [-0.4, -0.2) is 24.2 Å². The van der Waals surface area contributed by atoms with E-state index in [1.54, 1.807) is 0 Å². The van der Waals surface area contributed by atoms with Crippen LogP contribution >= 0.6 is 0 Å². The number of amides is 1. The molecule has 1 atom stereocenters. The molecule has 2 aromatic carbocycles. The number of nitrogens with one attached hydrogen (secondary N) is 2. The number of hydrogen-bond acceptors (Lipinski definition) is 4. The summed E-state index contributed by atoms with van der Waals surface area (Å²) in [6, 6.07) is 15.7. The van der Waals surface area contributed by atoms with Crippen molar-refractivity contribution in [2.45, 2.75) is 26.4 Å². The average Bonchev–Trinajstić information content (AvgIpc) is 2.58. The van der Waals surface area contributed by atoms with Gasteiger partial charge in [0.05, 0.1) is 6.61 Å². The van der Waals surface area contributed by atoms with Crippen molar-refractivity contribution < 1.29 is 14.6 Å². The lowest BCUT2D eigenvalue weighted by atomic mass is 10.1. The van der Waals surface area contributed by atoms with Crippen molar-refractivity contribution in [3.8, 4) is 5.75 Å². The Morgan fingerprint density at radius 3 is 2.75 bits per heavy atom. The van der Waals surface area contributed by atoms with E-state index in [1.165, 1.54) is 6.92 Å². The highest BCUT2D eigenvalue weighted by Crippen LogP contribution is 2.21. The van der Waals surface area contributed by atoms with Gasteiger partial charge in [0.2, 0.25) is 5.91 Å². The zero-order valence-electron chi connectivity index (χ0n) is 14.1. The molecule has 0 aliphatic carbocycles. The number of aliphatic hydroxyl groups excluding tert-OH is 1. The Morgan fingerprint density at radius 2 is 2.00 bits per heavy atom. The van der Waals surface area contributed by atoms with Crippen LogP contribution in [0.15, 0.2) is 48.5 Å². The molecule has 0 aliphatic heterocycles. The van der Waals surface area contributed by atoms with Gasteiger partial charge in [-0.1, -0.05) is 30.3 Å². The molecule has 3 N–H and O–H groups in total. The molecule has 2 rings (SSSR count). The van der Waals surface area contributed by atoms with E-state index in [2.05, 4.69) is 17.6 Å². The van der Waals surface area contributed by atoms with Gasteiger partial charge in [-0.2, -0.15) is 0 Å². The number of carbonyl (C=O) groups excluding carboxylic acids is 1. The molecule has 24 heavy (non-hydrogen) atoms. The first-order valence-electron chi connectivity index (χ1n) is 8.02. The fraction of sp³-hybridized carbons (Fsp3) is 0.316. The number of rotatable bonds is 8. The van der Waals surface area contributed by atoms with Gasteiger partial charge in [-0.05, 0) is 30.7 Å². The minimum atomic E-state index is -0.0808. The maximum absolute atomic E-state index is 11.2. The highest BCUT2D eigenvalue weighted by Gasteiger charge is 2.08. The molecule has 0 fully saturated rings. The number of aliphatic hydroxyl groups is 1. The van der Waals surface area contributed by atoms with Gasteiger partial charge >= 0.3 is 0 Å². The molecule has 5 heteroatoms. The minimum Gasteiger partial charge on any atom is -0.491 e. The second-order valence-electron chi connectivity index (χ2n) is 5.59. The standard InChI is InChI=1S/C19H24N2O3/c1-14(16-7-5-8-18(12-16)21-15(2)23)20-13-17-6-3-4-9-19(17)24-11-10-22/h3-9,12,14,20,22H,10-11,13H2,1-2H3,(H,21,23). The Labute approximate surface area is 142 Å². The zero-order valence-corrected chi connectivity index (χ0v) is 14.1. The Balaban J connectivity index is 2.00. The Morgan fingerprint density at radius 1 is 1.21 bits per heavy atom. The van der Waals surface area contributed by atoms with Gasteiger partial charge in [0.15, 0.2) is 0 Å². The number of benzene rings is 2. The maximum atomic E-state index is 11.2. The van der Waals surface area contributed by atoms with Crippen LogP contribution in [0, 0.1) is 0 Å². The van der Waals surface area contributed by atoms with Crippen LogP contribution in [0.1, 0.15) is 31.0 Å². The Bertz CT molecular complexity index is 673. The maximum Gasteiger partial charge on any atom is 0.221 e. The van der Waals surface area contributed by atoms with Gasteiger partial charge < -0.3 is 20.5 Å². The first-order valence-corrected chi connectivity index (χ1v) is 8.02. The molecule has 5 nitrogen and oxygen atoms in total. The Hall–Kier alpha value is -2.37. The summed E-state index contributed by atoms with van der Waals surface area (Å²) in [6.07, 6.45) is 0. The van der Waals surface area contributed by atoms with Crippen molar-refractivity contribution in [2.24, 2.45) is 0 Å². The third-order valence-corrected chi connectivity index (χ3v) is 3.63.